The fourth-order valence-electron chi connectivity index (χ4n) is 2.56. The first kappa shape index (κ1) is 17.4. The molecular formula is C15H25N3O3. The molecule has 0 unspecified atom stereocenters. The molecule has 0 aromatic rings. The Morgan fingerprint density at radius 2 is 1.81 bits per heavy atom. The molecule has 0 heterocycles. The molecule has 2 N–H and O–H groups in total. The van der Waals surface area contributed by atoms with Crippen LogP contribution in [0.4, 0.5) is 0 Å². The van der Waals surface area contributed by atoms with Gasteiger partial charge in [0, 0.05) is 26.6 Å². The molecule has 6 heteroatoms. The Bertz CT molecular complexity index is 382. The zero-order chi connectivity index (χ0) is 15.6. The highest BCUT2D eigenvalue weighted by Crippen LogP contribution is 2.34. The summed E-state index contributed by atoms with van der Waals surface area (Å²) in [6.07, 6.45) is 5.45. The van der Waals surface area contributed by atoms with Gasteiger partial charge >= 0.3 is 0 Å². The number of amides is 2. The summed E-state index contributed by atoms with van der Waals surface area (Å²) in [5.74, 6) is -0.351. The van der Waals surface area contributed by atoms with Crippen molar-refractivity contribution >= 4 is 11.8 Å². The molecule has 0 radical (unpaired) electrons. The molecule has 2 amide bonds. The SMILES string of the molecule is COCCNC(=O)CCNC(=O)C1(C#N)CCCCCC1. The largest absolute Gasteiger partial charge is 0.383 e. The summed E-state index contributed by atoms with van der Waals surface area (Å²) >= 11 is 0. The molecule has 118 valence electrons. The van der Waals surface area contributed by atoms with Gasteiger partial charge in [0.15, 0.2) is 0 Å². The van der Waals surface area contributed by atoms with Crippen molar-refractivity contribution in [3.8, 4) is 6.07 Å². The van der Waals surface area contributed by atoms with Crippen LogP contribution in [0.1, 0.15) is 44.9 Å². The monoisotopic (exact) mass is 295 g/mol. The molecule has 0 spiro atoms. The van der Waals surface area contributed by atoms with E-state index < -0.39 is 5.41 Å². The van der Waals surface area contributed by atoms with Gasteiger partial charge in [0.2, 0.25) is 11.8 Å². The number of hydrogen-bond donors (Lipinski definition) is 2. The van der Waals surface area contributed by atoms with E-state index in [2.05, 4.69) is 16.7 Å². The zero-order valence-electron chi connectivity index (χ0n) is 12.7. The predicted octanol–water partition coefficient (Wildman–Crippen LogP) is 1.12. The van der Waals surface area contributed by atoms with Crippen molar-refractivity contribution in [1.29, 1.82) is 5.26 Å². The second kappa shape index (κ2) is 9.35. The van der Waals surface area contributed by atoms with Crippen molar-refractivity contribution in [3.05, 3.63) is 0 Å². The summed E-state index contributed by atoms with van der Waals surface area (Å²) in [4.78, 5) is 23.8. The van der Waals surface area contributed by atoms with E-state index in [1.165, 1.54) is 0 Å². The molecule has 1 aliphatic carbocycles. The van der Waals surface area contributed by atoms with E-state index in [0.717, 1.165) is 25.7 Å². The zero-order valence-corrected chi connectivity index (χ0v) is 12.7. The van der Waals surface area contributed by atoms with Crippen molar-refractivity contribution in [2.24, 2.45) is 5.41 Å². The summed E-state index contributed by atoms with van der Waals surface area (Å²) in [6, 6.07) is 2.21. The van der Waals surface area contributed by atoms with Crippen LogP contribution in [0, 0.1) is 16.7 Å². The third-order valence-electron chi connectivity index (χ3n) is 3.87. The smallest absolute Gasteiger partial charge is 0.240 e. The van der Waals surface area contributed by atoms with Gasteiger partial charge in [0.05, 0.1) is 12.7 Å². The Morgan fingerprint density at radius 3 is 2.38 bits per heavy atom. The van der Waals surface area contributed by atoms with Crippen molar-refractivity contribution in [2.45, 2.75) is 44.9 Å². The van der Waals surface area contributed by atoms with E-state index in [0.29, 0.717) is 26.0 Å². The lowest BCUT2D eigenvalue weighted by molar-refractivity contribution is -0.129. The van der Waals surface area contributed by atoms with Gasteiger partial charge in [-0.3, -0.25) is 9.59 Å². The van der Waals surface area contributed by atoms with E-state index in [-0.39, 0.29) is 24.8 Å². The highest BCUT2D eigenvalue weighted by atomic mass is 16.5. The summed E-state index contributed by atoms with van der Waals surface area (Å²) in [6.45, 7) is 1.20. The molecule has 0 saturated heterocycles. The maximum absolute atomic E-state index is 12.3. The number of rotatable bonds is 7. The molecule has 1 fully saturated rings. The second-order valence-corrected chi connectivity index (χ2v) is 5.46. The summed E-state index contributed by atoms with van der Waals surface area (Å²) in [5.41, 5.74) is -0.900. The predicted molar refractivity (Wildman–Crippen MR) is 78.3 cm³/mol. The van der Waals surface area contributed by atoms with Gasteiger partial charge in [-0.25, -0.2) is 0 Å². The Kier molecular flexibility index (Phi) is 7.76. The highest BCUT2D eigenvalue weighted by molar-refractivity contribution is 5.86. The van der Waals surface area contributed by atoms with Gasteiger partial charge in [-0.2, -0.15) is 5.26 Å². The van der Waals surface area contributed by atoms with Crippen LogP contribution in [0.3, 0.4) is 0 Å². The molecule has 0 atom stereocenters. The van der Waals surface area contributed by atoms with Gasteiger partial charge in [0.25, 0.3) is 0 Å². The molecular weight excluding hydrogens is 270 g/mol. The average Bonchev–Trinajstić information content (AvgIpc) is 2.74. The first-order valence-corrected chi connectivity index (χ1v) is 7.60. The fraction of sp³-hybridized carbons (Fsp3) is 0.800. The van der Waals surface area contributed by atoms with E-state index in [4.69, 9.17) is 4.74 Å². The van der Waals surface area contributed by atoms with Gasteiger partial charge in [0.1, 0.15) is 5.41 Å². The third-order valence-corrected chi connectivity index (χ3v) is 3.87. The van der Waals surface area contributed by atoms with Gasteiger partial charge < -0.3 is 15.4 Å². The van der Waals surface area contributed by atoms with Crippen molar-refractivity contribution < 1.29 is 14.3 Å². The number of carbonyl (C=O) groups excluding carboxylic acids is 2. The minimum Gasteiger partial charge on any atom is -0.383 e. The van der Waals surface area contributed by atoms with Crippen molar-refractivity contribution in [3.63, 3.8) is 0 Å². The van der Waals surface area contributed by atoms with E-state index in [1.54, 1.807) is 7.11 Å². The third kappa shape index (κ3) is 5.72. The normalized spacial score (nSPS) is 17.3. The number of carbonyl (C=O) groups is 2. The first-order chi connectivity index (χ1) is 10.1. The summed E-state index contributed by atoms with van der Waals surface area (Å²) in [7, 11) is 1.57. The molecule has 1 aliphatic rings. The topological polar surface area (TPSA) is 91.2 Å². The Balaban J connectivity index is 2.34. The molecule has 1 rings (SSSR count). The van der Waals surface area contributed by atoms with Gasteiger partial charge in [-0.15, -0.1) is 0 Å². The minimum atomic E-state index is -0.900. The van der Waals surface area contributed by atoms with Crippen LogP contribution in [-0.2, 0) is 14.3 Å². The lowest BCUT2D eigenvalue weighted by atomic mass is 9.81. The van der Waals surface area contributed by atoms with Crippen LogP contribution in [-0.4, -0.2) is 38.6 Å². The number of methoxy groups -OCH3 is 1. The van der Waals surface area contributed by atoms with Crippen LogP contribution in [0.15, 0.2) is 0 Å². The molecule has 6 nitrogen and oxygen atoms in total. The van der Waals surface area contributed by atoms with Crippen LogP contribution >= 0.6 is 0 Å². The van der Waals surface area contributed by atoms with Crippen molar-refractivity contribution in [1.82, 2.24) is 10.6 Å². The number of nitriles is 1. The Labute approximate surface area is 126 Å². The number of nitrogens with zero attached hydrogens (tertiary/aromatic N) is 1. The quantitative estimate of drug-likeness (QED) is 0.544. The summed E-state index contributed by atoms with van der Waals surface area (Å²) < 4.78 is 4.83. The minimum absolute atomic E-state index is 0.126. The van der Waals surface area contributed by atoms with Crippen LogP contribution in [0.25, 0.3) is 0 Å². The number of hydrogen-bond acceptors (Lipinski definition) is 4. The fourth-order valence-corrected chi connectivity index (χ4v) is 2.56. The Morgan fingerprint density at radius 1 is 1.14 bits per heavy atom. The number of ether oxygens (including phenoxy) is 1. The van der Waals surface area contributed by atoms with E-state index >= 15 is 0 Å². The maximum atomic E-state index is 12.3. The van der Waals surface area contributed by atoms with Crippen LogP contribution < -0.4 is 10.6 Å². The molecule has 0 aromatic carbocycles. The maximum Gasteiger partial charge on any atom is 0.240 e. The molecule has 21 heavy (non-hydrogen) atoms. The molecule has 1 saturated carbocycles. The van der Waals surface area contributed by atoms with E-state index in [1.807, 2.05) is 0 Å². The Hall–Kier alpha value is -1.61. The number of nitrogens with one attached hydrogen (secondary N) is 2. The molecule has 0 aliphatic heterocycles. The highest BCUT2D eigenvalue weighted by Gasteiger charge is 2.38. The molecule has 0 bridgehead atoms. The molecule has 0 aromatic heterocycles. The van der Waals surface area contributed by atoms with E-state index in [9.17, 15) is 14.9 Å². The standard InChI is InChI=1S/C15H25N3O3/c1-21-11-10-17-13(19)6-9-18-14(20)15(12-16)7-4-2-3-5-8-15/h2-11H2,1H3,(H,17,19)(H,18,20). The average molecular weight is 295 g/mol. The van der Waals surface area contributed by atoms with Gasteiger partial charge in [-0.05, 0) is 12.8 Å². The van der Waals surface area contributed by atoms with Crippen LogP contribution in [0.2, 0.25) is 0 Å². The lowest BCUT2D eigenvalue weighted by Gasteiger charge is -2.23. The second-order valence-electron chi connectivity index (χ2n) is 5.46. The van der Waals surface area contributed by atoms with Crippen molar-refractivity contribution in [2.75, 3.05) is 26.8 Å². The summed E-state index contributed by atoms with van der Waals surface area (Å²) in [5, 5.41) is 14.8. The van der Waals surface area contributed by atoms with Crippen LogP contribution in [0.5, 0.6) is 0 Å². The first-order valence-electron chi connectivity index (χ1n) is 7.60. The lowest BCUT2D eigenvalue weighted by Crippen LogP contribution is -2.41. The van der Waals surface area contributed by atoms with Gasteiger partial charge in [-0.1, -0.05) is 25.7 Å².